The first-order valence-corrected chi connectivity index (χ1v) is 14.1. The van der Waals surface area contributed by atoms with Crippen LogP contribution in [0, 0.1) is 5.92 Å². The van der Waals surface area contributed by atoms with Gasteiger partial charge in [0.05, 0.1) is 15.7 Å². The van der Waals surface area contributed by atoms with Crippen LogP contribution in [0.3, 0.4) is 0 Å². The molecule has 1 unspecified atom stereocenters. The summed E-state index contributed by atoms with van der Waals surface area (Å²) in [7, 11) is -7.18. The number of hydrogen-bond acceptors (Lipinski definition) is 5. The van der Waals surface area contributed by atoms with E-state index in [1.807, 2.05) is 0 Å². The van der Waals surface area contributed by atoms with E-state index in [-0.39, 0.29) is 22.2 Å². The number of sulfonamides is 2. The first kappa shape index (κ1) is 23.9. The van der Waals surface area contributed by atoms with Gasteiger partial charge in [-0.15, -0.1) is 0 Å². The molecule has 2 aliphatic heterocycles. The van der Waals surface area contributed by atoms with E-state index in [0.717, 1.165) is 19.3 Å². The number of benzene rings is 2. The monoisotopic (exact) mass is 491 g/mol. The van der Waals surface area contributed by atoms with Gasteiger partial charge in [0.15, 0.2) is 0 Å². The van der Waals surface area contributed by atoms with Crippen molar-refractivity contribution >= 4 is 31.6 Å². The van der Waals surface area contributed by atoms with E-state index in [2.05, 4.69) is 5.32 Å². The molecule has 0 bridgehead atoms. The summed E-state index contributed by atoms with van der Waals surface area (Å²) in [5, 5.41) is 2.81. The predicted octanol–water partition coefficient (Wildman–Crippen LogP) is 2.90. The average molecular weight is 492 g/mol. The second kappa shape index (κ2) is 9.92. The molecule has 0 spiro atoms. The van der Waals surface area contributed by atoms with Crippen molar-refractivity contribution in [2.45, 2.75) is 41.9 Å². The largest absolute Gasteiger partial charge is 0.326 e. The third-order valence-corrected chi connectivity index (χ3v) is 10.0. The van der Waals surface area contributed by atoms with E-state index in [9.17, 15) is 21.6 Å². The van der Waals surface area contributed by atoms with Crippen molar-refractivity contribution in [1.29, 1.82) is 0 Å². The van der Waals surface area contributed by atoms with Crippen molar-refractivity contribution in [2.24, 2.45) is 5.92 Å². The SMILES string of the molecule is O=C(Nc1ccc(S(=O)(=O)N2CCCCC2)cc1)C1CCCN(S(=O)(=O)c2ccccc2)C1. The number of nitrogens with zero attached hydrogens (tertiary/aromatic N) is 2. The molecule has 4 rings (SSSR count). The molecule has 8 nitrogen and oxygen atoms in total. The normalized spacial score (nSPS) is 20.9. The molecular weight excluding hydrogens is 462 g/mol. The molecule has 2 aliphatic rings. The number of anilines is 1. The summed E-state index contributed by atoms with van der Waals surface area (Å²) in [4.78, 5) is 13.3. The van der Waals surface area contributed by atoms with Crippen LogP contribution in [0.4, 0.5) is 5.69 Å². The average Bonchev–Trinajstić information content (AvgIpc) is 2.85. The number of hydrogen-bond donors (Lipinski definition) is 1. The molecule has 0 saturated carbocycles. The number of amides is 1. The number of rotatable bonds is 6. The third-order valence-electron chi connectivity index (χ3n) is 6.21. The van der Waals surface area contributed by atoms with Crippen LogP contribution in [0.15, 0.2) is 64.4 Å². The van der Waals surface area contributed by atoms with Gasteiger partial charge in [-0.1, -0.05) is 24.6 Å². The van der Waals surface area contributed by atoms with Gasteiger partial charge < -0.3 is 5.32 Å². The van der Waals surface area contributed by atoms with Crippen LogP contribution in [0.5, 0.6) is 0 Å². The van der Waals surface area contributed by atoms with Gasteiger partial charge in [-0.05, 0) is 62.1 Å². The van der Waals surface area contributed by atoms with Gasteiger partial charge in [-0.2, -0.15) is 8.61 Å². The first-order chi connectivity index (χ1) is 15.8. The molecule has 1 atom stereocenters. The van der Waals surface area contributed by atoms with Crippen LogP contribution >= 0.6 is 0 Å². The lowest BCUT2D eigenvalue weighted by molar-refractivity contribution is -0.120. The minimum absolute atomic E-state index is 0.116. The van der Waals surface area contributed by atoms with Crippen molar-refractivity contribution in [3.05, 3.63) is 54.6 Å². The molecule has 178 valence electrons. The summed E-state index contributed by atoms with van der Waals surface area (Å²) in [6.07, 6.45) is 3.96. The van der Waals surface area contributed by atoms with Gasteiger partial charge in [0.1, 0.15) is 0 Å². The highest BCUT2D eigenvalue weighted by Crippen LogP contribution is 2.26. The Morgan fingerprint density at radius 1 is 0.727 bits per heavy atom. The van der Waals surface area contributed by atoms with Crippen molar-refractivity contribution < 1.29 is 21.6 Å². The van der Waals surface area contributed by atoms with Crippen molar-refractivity contribution in [1.82, 2.24) is 8.61 Å². The Balaban J connectivity index is 1.41. The van der Waals surface area contributed by atoms with Crippen molar-refractivity contribution in [3.8, 4) is 0 Å². The molecule has 1 amide bonds. The summed E-state index contributed by atoms with van der Waals surface area (Å²) in [6.45, 7) is 1.56. The Bertz CT molecular complexity index is 1180. The molecule has 1 N–H and O–H groups in total. The molecule has 33 heavy (non-hydrogen) atoms. The molecule has 0 radical (unpaired) electrons. The number of piperidine rings is 2. The molecule has 2 aromatic rings. The van der Waals surface area contributed by atoms with Gasteiger partial charge in [0.25, 0.3) is 0 Å². The Morgan fingerprint density at radius 2 is 1.30 bits per heavy atom. The van der Waals surface area contributed by atoms with Gasteiger partial charge >= 0.3 is 0 Å². The van der Waals surface area contributed by atoms with Gasteiger partial charge in [0.2, 0.25) is 26.0 Å². The van der Waals surface area contributed by atoms with Crippen LogP contribution in [0.1, 0.15) is 32.1 Å². The third kappa shape index (κ3) is 5.29. The fourth-order valence-electron chi connectivity index (χ4n) is 4.33. The lowest BCUT2D eigenvalue weighted by atomic mass is 9.99. The topological polar surface area (TPSA) is 104 Å². The standard InChI is InChI=1S/C23H29N3O5S2/c27-23(19-8-7-17-26(18-19)33(30,31)21-9-3-1-4-10-21)24-20-11-13-22(14-12-20)32(28,29)25-15-5-2-6-16-25/h1,3-4,9-14,19H,2,5-8,15-18H2,(H,24,27). The summed E-state index contributed by atoms with van der Waals surface area (Å²) >= 11 is 0. The van der Waals surface area contributed by atoms with E-state index >= 15 is 0 Å². The zero-order chi connectivity index (χ0) is 23.5. The lowest BCUT2D eigenvalue weighted by Gasteiger charge is -2.31. The zero-order valence-corrected chi connectivity index (χ0v) is 20.0. The predicted molar refractivity (Wildman–Crippen MR) is 126 cm³/mol. The molecule has 0 aliphatic carbocycles. The second-order valence-corrected chi connectivity index (χ2v) is 12.4. The Morgan fingerprint density at radius 3 is 1.97 bits per heavy atom. The Hall–Kier alpha value is -2.27. The van der Waals surface area contributed by atoms with Crippen LogP contribution in [-0.2, 0) is 24.8 Å². The van der Waals surface area contributed by atoms with Gasteiger partial charge in [0, 0.05) is 31.9 Å². The maximum atomic E-state index is 12.9. The smallest absolute Gasteiger partial charge is 0.243 e. The molecule has 2 fully saturated rings. The minimum atomic E-state index is -3.65. The first-order valence-electron chi connectivity index (χ1n) is 11.2. The van der Waals surface area contributed by atoms with E-state index in [0.29, 0.717) is 38.2 Å². The fourth-order valence-corrected chi connectivity index (χ4v) is 7.39. The maximum absolute atomic E-state index is 12.9. The number of carbonyl (C=O) groups excluding carboxylic acids is 1. The zero-order valence-electron chi connectivity index (χ0n) is 18.4. The molecule has 2 saturated heterocycles. The number of carbonyl (C=O) groups is 1. The van der Waals surface area contributed by atoms with Crippen LogP contribution in [-0.4, -0.2) is 57.5 Å². The Kier molecular flexibility index (Phi) is 7.18. The van der Waals surface area contributed by atoms with E-state index in [1.165, 1.54) is 20.7 Å². The molecule has 2 aromatic carbocycles. The van der Waals surface area contributed by atoms with Crippen LogP contribution < -0.4 is 5.32 Å². The summed E-state index contributed by atoms with van der Waals surface area (Å²) < 4.78 is 54.3. The molecular formula is C23H29N3O5S2. The lowest BCUT2D eigenvalue weighted by Crippen LogP contribution is -2.43. The maximum Gasteiger partial charge on any atom is 0.243 e. The van der Waals surface area contributed by atoms with Crippen LogP contribution in [0.25, 0.3) is 0 Å². The van der Waals surface area contributed by atoms with Gasteiger partial charge in [-0.25, -0.2) is 16.8 Å². The van der Waals surface area contributed by atoms with E-state index < -0.39 is 26.0 Å². The van der Waals surface area contributed by atoms with Crippen LogP contribution in [0.2, 0.25) is 0 Å². The summed E-state index contributed by atoms with van der Waals surface area (Å²) in [5.74, 6) is -0.747. The molecule has 10 heteroatoms. The summed E-state index contributed by atoms with van der Waals surface area (Å²) in [5.41, 5.74) is 0.487. The quantitative estimate of drug-likeness (QED) is 0.669. The highest BCUT2D eigenvalue weighted by Gasteiger charge is 2.33. The highest BCUT2D eigenvalue weighted by molar-refractivity contribution is 7.89. The second-order valence-electron chi connectivity index (χ2n) is 8.49. The van der Waals surface area contributed by atoms with Gasteiger partial charge in [-0.3, -0.25) is 4.79 Å². The van der Waals surface area contributed by atoms with E-state index in [1.54, 1.807) is 42.5 Å². The van der Waals surface area contributed by atoms with E-state index in [4.69, 9.17) is 0 Å². The Labute approximate surface area is 195 Å². The molecule has 0 aromatic heterocycles. The number of nitrogens with one attached hydrogen (secondary N) is 1. The molecule has 2 heterocycles. The fraction of sp³-hybridized carbons (Fsp3) is 0.435. The highest BCUT2D eigenvalue weighted by atomic mass is 32.2. The van der Waals surface area contributed by atoms with Crippen molar-refractivity contribution in [3.63, 3.8) is 0 Å². The minimum Gasteiger partial charge on any atom is -0.326 e. The summed E-state index contributed by atoms with van der Waals surface area (Å²) in [6, 6.07) is 14.4. The van der Waals surface area contributed by atoms with Crippen molar-refractivity contribution in [2.75, 3.05) is 31.5 Å².